The molecule has 0 radical (unpaired) electrons. The lowest BCUT2D eigenvalue weighted by Gasteiger charge is -2.10. The van der Waals surface area contributed by atoms with Gasteiger partial charge in [-0.1, -0.05) is 48.5 Å². The number of carbonyl (C=O) groups is 2. The molecule has 1 aliphatic heterocycles. The maximum absolute atomic E-state index is 12.6. The van der Waals surface area contributed by atoms with Gasteiger partial charge >= 0.3 is 0 Å². The molecular weight excluding hydrogens is 390 g/mol. The summed E-state index contributed by atoms with van der Waals surface area (Å²) in [5.74, 6) is -1.65. The van der Waals surface area contributed by atoms with E-state index in [-0.39, 0.29) is 23.1 Å². The van der Waals surface area contributed by atoms with Crippen molar-refractivity contribution in [3.63, 3.8) is 0 Å². The Hall–Kier alpha value is -3.52. The average molecular weight is 407 g/mol. The summed E-state index contributed by atoms with van der Waals surface area (Å²) < 4.78 is 25.3. The van der Waals surface area contributed by atoms with Crippen LogP contribution < -0.4 is 10.3 Å². The van der Waals surface area contributed by atoms with Crippen molar-refractivity contribution < 1.29 is 18.0 Å². The van der Waals surface area contributed by atoms with Crippen molar-refractivity contribution in [1.29, 1.82) is 0 Å². The molecule has 0 aliphatic carbocycles. The van der Waals surface area contributed by atoms with E-state index in [1.54, 1.807) is 36.4 Å². The van der Waals surface area contributed by atoms with Crippen molar-refractivity contribution in [3.05, 3.63) is 72.8 Å². The zero-order valence-corrected chi connectivity index (χ0v) is 16.1. The van der Waals surface area contributed by atoms with E-state index in [1.165, 1.54) is 11.1 Å². The lowest BCUT2D eigenvalue weighted by Crippen LogP contribution is -2.34. The van der Waals surface area contributed by atoms with Gasteiger partial charge in [0.25, 0.3) is 5.91 Å². The van der Waals surface area contributed by atoms with Crippen molar-refractivity contribution >= 4 is 43.9 Å². The predicted molar refractivity (Wildman–Crippen MR) is 110 cm³/mol. The maximum Gasteiger partial charge on any atom is 0.255 e. The van der Waals surface area contributed by atoms with Crippen LogP contribution >= 0.6 is 0 Å². The molecule has 0 unspecified atom stereocenters. The molecular formula is C21H17N3O4S. The second-order valence-electron chi connectivity index (χ2n) is 6.58. The number of nitrogens with one attached hydrogen (secondary N) is 1. The van der Waals surface area contributed by atoms with Crippen molar-refractivity contribution in [3.8, 4) is 0 Å². The molecule has 0 fully saturated rings. The van der Waals surface area contributed by atoms with E-state index >= 15 is 0 Å². The molecule has 0 spiro atoms. The Morgan fingerprint density at radius 1 is 0.966 bits per heavy atom. The van der Waals surface area contributed by atoms with Gasteiger partial charge in [-0.15, -0.1) is 0 Å². The molecule has 29 heavy (non-hydrogen) atoms. The lowest BCUT2D eigenvalue weighted by atomic mass is 10.1. The van der Waals surface area contributed by atoms with Crippen molar-refractivity contribution in [2.24, 2.45) is 5.10 Å². The van der Waals surface area contributed by atoms with Crippen molar-refractivity contribution in [2.45, 2.75) is 11.3 Å². The van der Waals surface area contributed by atoms with Gasteiger partial charge in [0, 0.05) is 0 Å². The molecule has 2 amide bonds. The third-order valence-corrected chi connectivity index (χ3v) is 6.08. The fourth-order valence-electron chi connectivity index (χ4n) is 3.08. The van der Waals surface area contributed by atoms with Crippen LogP contribution in [0.2, 0.25) is 0 Å². The van der Waals surface area contributed by atoms with Crippen molar-refractivity contribution in [2.75, 3.05) is 10.8 Å². The van der Waals surface area contributed by atoms with E-state index in [2.05, 4.69) is 10.4 Å². The molecule has 1 N–H and O–H groups in total. The molecule has 3 aromatic carbocycles. The molecule has 0 aromatic heterocycles. The number of para-hydroxylation sites is 1. The fourth-order valence-corrected chi connectivity index (χ4v) is 4.25. The van der Waals surface area contributed by atoms with Crippen LogP contribution in [-0.4, -0.2) is 31.8 Å². The van der Waals surface area contributed by atoms with Crippen LogP contribution in [0.1, 0.15) is 6.42 Å². The molecule has 1 aliphatic rings. The standard InChI is InChI=1S/C21H17N3O4S/c25-20(22-19-13-21(26)24(23-19)17-8-2-1-3-9-17)14-29(27,28)18-11-10-15-6-4-5-7-16(15)12-18/h1-12H,13-14H2,(H,22,23,25). The first kappa shape index (κ1) is 18.8. The topological polar surface area (TPSA) is 95.9 Å². The number of amidine groups is 1. The molecule has 3 aromatic rings. The number of anilines is 1. The van der Waals surface area contributed by atoms with Gasteiger partial charge in [-0.3, -0.25) is 9.59 Å². The fraction of sp³-hybridized carbons (Fsp3) is 0.0952. The van der Waals surface area contributed by atoms with Gasteiger partial charge in [0.1, 0.15) is 11.6 Å². The number of hydrogen-bond donors (Lipinski definition) is 1. The maximum atomic E-state index is 12.6. The number of hydrazone groups is 1. The number of fused-ring (bicyclic) bond motifs is 1. The van der Waals surface area contributed by atoms with Gasteiger partial charge < -0.3 is 5.32 Å². The first-order valence-electron chi connectivity index (χ1n) is 8.89. The Kier molecular flexibility index (Phi) is 4.85. The van der Waals surface area contributed by atoms with E-state index in [9.17, 15) is 18.0 Å². The monoisotopic (exact) mass is 407 g/mol. The van der Waals surface area contributed by atoms with Gasteiger partial charge in [0.2, 0.25) is 5.91 Å². The number of amides is 2. The third kappa shape index (κ3) is 4.02. The highest BCUT2D eigenvalue weighted by Crippen LogP contribution is 2.21. The molecule has 0 saturated carbocycles. The van der Waals surface area contributed by atoms with Crippen LogP contribution in [0.15, 0.2) is 82.8 Å². The Morgan fingerprint density at radius 2 is 1.66 bits per heavy atom. The minimum atomic E-state index is -3.84. The van der Waals surface area contributed by atoms with E-state index in [4.69, 9.17) is 0 Å². The van der Waals surface area contributed by atoms with Gasteiger partial charge in [0.15, 0.2) is 9.84 Å². The van der Waals surface area contributed by atoms with E-state index in [1.807, 2.05) is 30.3 Å². The molecule has 4 rings (SSSR count). The highest BCUT2D eigenvalue weighted by molar-refractivity contribution is 7.92. The summed E-state index contributed by atoms with van der Waals surface area (Å²) in [7, 11) is -3.84. The first-order chi connectivity index (χ1) is 13.9. The Morgan fingerprint density at radius 3 is 2.41 bits per heavy atom. The lowest BCUT2D eigenvalue weighted by molar-refractivity contribution is -0.117. The van der Waals surface area contributed by atoms with Crippen LogP contribution in [-0.2, 0) is 19.4 Å². The van der Waals surface area contributed by atoms with Gasteiger partial charge in [0.05, 0.1) is 17.0 Å². The highest BCUT2D eigenvalue weighted by Gasteiger charge is 2.28. The molecule has 0 saturated heterocycles. The number of rotatable bonds is 4. The zero-order valence-electron chi connectivity index (χ0n) is 15.3. The Balaban J connectivity index is 1.48. The van der Waals surface area contributed by atoms with Crippen LogP contribution in [0.25, 0.3) is 10.8 Å². The molecule has 8 heteroatoms. The summed E-state index contributed by atoms with van der Waals surface area (Å²) in [6.45, 7) is 0. The minimum Gasteiger partial charge on any atom is -0.311 e. The van der Waals surface area contributed by atoms with Gasteiger partial charge in [-0.2, -0.15) is 10.1 Å². The summed E-state index contributed by atoms with van der Waals surface area (Å²) in [4.78, 5) is 24.5. The summed E-state index contributed by atoms with van der Waals surface area (Å²) in [5.41, 5.74) is 0.575. The molecule has 0 atom stereocenters. The minimum absolute atomic E-state index is 0.0710. The SMILES string of the molecule is O=C(CS(=O)(=O)c1ccc2ccccc2c1)NC1=NN(c2ccccc2)C(=O)C1. The molecule has 0 bridgehead atoms. The van der Waals surface area contributed by atoms with Crippen LogP contribution in [0.4, 0.5) is 5.69 Å². The summed E-state index contributed by atoms with van der Waals surface area (Å²) in [6.07, 6.45) is -0.101. The highest BCUT2D eigenvalue weighted by atomic mass is 32.2. The number of hydrogen-bond acceptors (Lipinski definition) is 5. The number of benzene rings is 3. The molecule has 7 nitrogen and oxygen atoms in total. The average Bonchev–Trinajstić information content (AvgIpc) is 3.07. The largest absolute Gasteiger partial charge is 0.311 e. The third-order valence-electron chi connectivity index (χ3n) is 4.46. The van der Waals surface area contributed by atoms with Crippen molar-refractivity contribution in [1.82, 2.24) is 5.32 Å². The Labute approximate surface area is 167 Å². The van der Waals surface area contributed by atoms with Crippen LogP contribution in [0.5, 0.6) is 0 Å². The second kappa shape index (κ2) is 7.48. The summed E-state index contributed by atoms with van der Waals surface area (Å²) in [5, 5.41) is 9.41. The normalized spacial score (nSPS) is 14.1. The Bertz CT molecular complexity index is 1240. The van der Waals surface area contributed by atoms with Crippen LogP contribution in [0.3, 0.4) is 0 Å². The van der Waals surface area contributed by atoms with E-state index in [0.717, 1.165) is 10.8 Å². The van der Waals surface area contributed by atoms with Gasteiger partial charge in [-0.05, 0) is 35.0 Å². The number of sulfone groups is 1. The second-order valence-corrected chi connectivity index (χ2v) is 8.57. The summed E-state index contributed by atoms with van der Waals surface area (Å²) in [6, 6.07) is 20.9. The number of carbonyl (C=O) groups excluding carboxylic acids is 2. The zero-order chi connectivity index (χ0) is 20.4. The first-order valence-corrected chi connectivity index (χ1v) is 10.5. The number of nitrogens with zero attached hydrogens (tertiary/aromatic N) is 2. The van der Waals surface area contributed by atoms with E-state index < -0.39 is 21.5 Å². The predicted octanol–water partition coefficient (Wildman–Crippen LogP) is 2.48. The van der Waals surface area contributed by atoms with Gasteiger partial charge in [-0.25, -0.2) is 8.42 Å². The van der Waals surface area contributed by atoms with Crippen LogP contribution in [0, 0.1) is 0 Å². The van der Waals surface area contributed by atoms with E-state index in [0.29, 0.717) is 5.69 Å². The molecule has 146 valence electrons. The smallest absolute Gasteiger partial charge is 0.255 e. The molecule has 1 heterocycles. The summed E-state index contributed by atoms with van der Waals surface area (Å²) >= 11 is 0. The quantitative estimate of drug-likeness (QED) is 0.719.